The van der Waals surface area contributed by atoms with Gasteiger partial charge >= 0.3 is 0 Å². The molecule has 0 aromatic carbocycles. The number of amides is 1. The average Bonchev–Trinajstić information content (AvgIpc) is 2.03. The fourth-order valence-corrected chi connectivity index (χ4v) is 0.773. The van der Waals surface area contributed by atoms with Crippen LogP contribution >= 0.6 is 0 Å². The van der Waals surface area contributed by atoms with E-state index in [0.29, 0.717) is 13.1 Å². The minimum atomic E-state index is -0.0136. The second-order valence-corrected chi connectivity index (χ2v) is 2.27. The summed E-state index contributed by atoms with van der Waals surface area (Å²) < 4.78 is 0. The van der Waals surface area contributed by atoms with Gasteiger partial charge in [0.25, 0.3) is 0 Å². The Bertz CT molecular complexity index is 117. The highest BCUT2D eigenvalue weighted by molar-refractivity contribution is 5.77. The fourth-order valence-electron chi connectivity index (χ4n) is 0.773. The van der Waals surface area contributed by atoms with Crippen molar-refractivity contribution in [2.24, 2.45) is 0 Å². The summed E-state index contributed by atoms with van der Waals surface area (Å²) in [6.07, 6.45) is 0. The first-order valence-electron chi connectivity index (χ1n) is 3.78. The van der Waals surface area contributed by atoms with Crippen molar-refractivity contribution in [2.75, 3.05) is 33.3 Å². The number of aliphatic hydroxyl groups excluding tert-OH is 1. The molecule has 0 saturated heterocycles. The lowest BCUT2D eigenvalue weighted by atomic mass is 10.4. The Labute approximate surface area is 67.2 Å². The molecule has 0 atom stereocenters. The van der Waals surface area contributed by atoms with E-state index in [4.69, 9.17) is 5.11 Å². The zero-order valence-electron chi connectivity index (χ0n) is 7.13. The summed E-state index contributed by atoms with van der Waals surface area (Å²) >= 11 is 0. The number of rotatable bonds is 5. The van der Waals surface area contributed by atoms with E-state index >= 15 is 0 Å². The van der Waals surface area contributed by atoms with Crippen LogP contribution in [0, 0.1) is 0 Å². The van der Waals surface area contributed by atoms with Gasteiger partial charge in [-0.05, 0) is 6.54 Å². The van der Waals surface area contributed by atoms with Crippen LogP contribution in [-0.4, -0.2) is 49.2 Å². The molecule has 1 amide bonds. The Morgan fingerprint density at radius 1 is 1.64 bits per heavy atom. The van der Waals surface area contributed by atoms with Gasteiger partial charge < -0.3 is 10.4 Å². The third-order valence-corrected chi connectivity index (χ3v) is 1.51. The van der Waals surface area contributed by atoms with E-state index in [-0.39, 0.29) is 12.5 Å². The standard InChI is InChI=1S/C7H16N2O2/c1-3-9(4-5-10)6-7(11)8-2/h10H,3-6H2,1-2H3,(H,8,11). The van der Waals surface area contributed by atoms with Crippen molar-refractivity contribution in [3.8, 4) is 0 Å². The van der Waals surface area contributed by atoms with Crippen molar-refractivity contribution in [1.29, 1.82) is 0 Å². The molecule has 0 radical (unpaired) electrons. The van der Waals surface area contributed by atoms with Gasteiger partial charge in [0.1, 0.15) is 0 Å². The van der Waals surface area contributed by atoms with Gasteiger partial charge in [-0.15, -0.1) is 0 Å². The maximum absolute atomic E-state index is 10.8. The van der Waals surface area contributed by atoms with Crippen LogP contribution < -0.4 is 5.32 Å². The molecule has 2 N–H and O–H groups in total. The van der Waals surface area contributed by atoms with Crippen LogP contribution in [0.2, 0.25) is 0 Å². The molecule has 4 heteroatoms. The summed E-state index contributed by atoms with van der Waals surface area (Å²) in [5.74, 6) is -0.0136. The number of aliphatic hydroxyl groups is 1. The Hall–Kier alpha value is -0.610. The first kappa shape index (κ1) is 10.4. The number of carbonyl (C=O) groups excluding carboxylic acids is 1. The van der Waals surface area contributed by atoms with Crippen LogP contribution in [0.5, 0.6) is 0 Å². The van der Waals surface area contributed by atoms with Gasteiger partial charge in [-0.1, -0.05) is 6.92 Å². The molecule has 0 rings (SSSR count). The predicted octanol–water partition coefficient (Wildman–Crippen LogP) is -0.953. The summed E-state index contributed by atoms with van der Waals surface area (Å²) in [6, 6.07) is 0. The lowest BCUT2D eigenvalue weighted by Crippen LogP contribution is -2.36. The van der Waals surface area contributed by atoms with Gasteiger partial charge in [-0.3, -0.25) is 9.69 Å². The molecular weight excluding hydrogens is 144 g/mol. The molecule has 0 unspecified atom stereocenters. The quantitative estimate of drug-likeness (QED) is 0.545. The highest BCUT2D eigenvalue weighted by atomic mass is 16.3. The van der Waals surface area contributed by atoms with Crippen LogP contribution in [0.15, 0.2) is 0 Å². The third-order valence-electron chi connectivity index (χ3n) is 1.51. The number of likely N-dealkylation sites (N-methyl/N-ethyl adjacent to an activating group) is 2. The van der Waals surface area contributed by atoms with E-state index in [0.717, 1.165) is 6.54 Å². The van der Waals surface area contributed by atoms with Gasteiger partial charge in [0.2, 0.25) is 5.91 Å². The van der Waals surface area contributed by atoms with Gasteiger partial charge in [0, 0.05) is 13.6 Å². The number of nitrogens with one attached hydrogen (secondary N) is 1. The van der Waals surface area contributed by atoms with E-state index < -0.39 is 0 Å². The summed E-state index contributed by atoms with van der Waals surface area (Å²) in [6.45, 7) is 3.77. The van der Waals surface area contributed by atoms with Crippen LogP contribution in [0.4, 0.5) is 0 Å². The normalized spacial score (nSPS) is 10.2. The Kier molecular flexibility index (Phi) is 5.78. The minimum Gasteiger partial charge on any atom is -0.395 e. The highest BCUT2D eigenvalue weighted by Crippen LogP contribution is 1.84. The largest absolute Gasteiger partial charge is 0.395 e. The monoisotopic (exact) mass is 160 g/mol. The molecule has 0 aromatic heterocycles. The minimum absolute atomic E-state index is 0.0136. The second-order valence-electron chi connectivity index (χ2n) is 2.27. The lowest BCUT2D eigenvalue weighted by Gasteiger charge is -2.17. The van der Waals surface area contributed by atoms with E-state index in [2.05, 4.69) is 5.32 Å². The Morgan fingerprint density at radius 2 is 2.27 bits per heavy atom. The van der Waals surface area contributed by atoms with Crippen molar-refractivity contribution < 1.29 is 9.90 Å². The first-order valence-corrected chi connectivity index (χ1v) is 3.78. The number of hydrogen-bond donors (Lipinski definition) is 2. The molecule has 4 nitrogen and oxygen atoms in total. The van der Waals surface area contributed by atoms with Crippen LogP contribution in [0.1, 0.15) is 6.92 Å². The third kappa shape index (κ3) is 4.75. The Balaban J connectivity index is 3.58. The number of carbonyl (C=O) groups is 1. The molecule has 0 aliphatic rings. The SMILES string of the molecule is CCN(CCO)CC(=O)NC. The summed E-state index contributed by atoms with van der Waals surface area (Å²) in [5, 5.41) is 11.1. The molecule has 0 aliphatic carbocycles. The van der Waals surface area contributed by atoms with Crippen molar-refractivity contribution in [2.45, 2.75) is 6.92 Å². The topological polar surface area (TPSA) is 52.6 Å². The number of nitrogens with zero attached hydrogens (tertiary/aromatic N) is 1. The molecule has 11 heavy (non-hydrogen) atoms. The maximum atomic E-state index is 10.8. The maximum Gasteiger partial charge on any atom is 0.233 e. The molecule has 0 aliphatic heterocycles. The molecule has 0 fully saturated rings. The average molecular weight is 160 g/mol. The second kappa shape index (κ2) is 6.12. The summed E-state index contributed by atoms with van der Waals surface area (Å²) in [7, 11) is 1.61. The zero-order chi connectivity index (χ0) is 8.69. The first-order chi connectivity index (χ1) is 5.24. The van der Waals surface area contributed by atoms with Crippen LogP contribution in [0.3, 0.4) is 0 Å². The van der Waals surface area contributed by atoms with Crippen molar-refractivity contribution >= 4 is 5.91 Å². The molecule has 66 valence electrons. The molecular formula is C7H16N2O2. The number of hydrogen-bond acceptors (Lipinski definition) is 3. The van der Waals surface area contributed by atoms with Crippen molar-refractivity contribution in [3.05, 3.63) is 0 Å². The van der Waals surface area contributed by atoms with Crippen LogP contribution in [-0.2, 0) is 4.79 Å². The van der Waals surface area contributed by atoms with E-state index in [9.17, 15) is 4.79 Å². The summed E-state index contributed by atoms with van der Waals surface area (Å²) in [5.41, 5.74) is 0. The Morgan fingerprint density at radius 3 is 2.64 bits per heavy atom. The van der Waals surface area contributed by atoms with Gasteiger partial charge in [-0.25, -0.2) is 0 Å². The van der Waals surface area contributed by atoms with Gasteiger partial charge in [0.05, 0.1) is 13.2 Å². The van der Waals surface area contributed by atoms with Gasteiger partial charge in [-0.2, -0.15) is 0 Å². The molecule has 0 bridgehead atoms. The summed E-state index contributed by atoms with van der Waals surface area (Å²) in [4.78, 5) is 12.7. The van der Waals surface area contributed by atoms with E-state index in [1.807, 2.05) is 11.8 Å². The smallest absolute Gasteiger partial charge is 0.233 e. The van der Waals surface area contributed by atoms with Crippen molar-refractivity contribution in [3.63, 3.8) is 0 Å². The molecule has 0 saturated carbocycles. The lowest BCUT2D eigenvalue weighted by molar-refractivity contribution is -0.121. The van der Waals surface area contributed by atoms with Crippen molar-refractivity contribution in [1.82, 2.24) is 10.2 Å². The molecule has 0 heterocycles. The van der Waals surface area contributed by atoms with Gasteiger partial charge in [0.15, 0.2) is 0 Å². The van der Waals surface area contributed by atoms with Crippen LogP contribution in [0.25, 0.3) is 0 Å². The molecule has 0 aromatic rings. The van der Waals surface area contributed by atoms with E-state index in [1.165, 1.54) is 0 Å². The zero-order valence-corrected chi connectivity index (χ0v) is 7.13. The molecule has 0 spiro atoms. The highest BCUT2D eigenvalue weighted by Gasteiger charge is 2.05. The van der Waals surface area contributed by atoms with E-state index in [1.54, 1.807) is 7.05 Å². The fraction of sp³-hybridized carbons (Fsp3) is 0.857. The predicted molar refractivity (Wildman–Crippen MR) is 43.3 cm³/mol.